The lowest BCUT2D eigenvalue weighted by molar-refractivity contribution is 0.0881. The number of hydrogen-bond donors (Lipinski definition) is 1. The first-order valence-electron chi connectivity index (χ1n) is 8.56. The van der Waals surface area contributed by atoms with Gasteiger partial charge in [0.2, 0.25) is 0 Å². The van der Waals surface area contributed by atoms with Crippen LogP contribution in [0.5, 0.6) is 0 Å². The molecule has 0 bridgehead atoms. The van der Waals surface area contributed by atoms with Crippen molar-refractivity contribution in [3.63, 3.8) is 0 Å². The summed E-state index contributed by atoms with van der Waals surface area (Å²) >= 11 is 6.14. The van der Waals surface area contributed by atoms with E-state index in [4.69, 9.17) is 11.6 Å². The van der Waals surface area contributed by atoms with Gasteiger partial charge in [-0.05, 0) is 63.3 Å². The molecule has 1 aromatic carbocycles. The van der Waals surface area contributed by atoms with E-state index in [0.717, 1.165) is 35.1 Å². The molecule has 0 atom stereocenters. The number of nitrogens with zero attached hydrogens (tertiary/aromatic N) is 1. The third kappa shape index (κ3) is 3.94. The van der Waals surface area contributed by atoms with E-state index in [1.807, 2.05) is 25.1 Å². The van der Waals surface area contributed by atoms with E-state index in [-0.39, 0.29) is 16.9 Å². The smallest absolute Gasteiger partial charge is 0.268 e. The summed E-state index contributed by atoms with van der Waals surface area (Å²) in [4.78, 5) is 13.0. The second kappa shape index (κ2) is 6.44. The first kappa shape index (κ1) is 18.9. The summed E-state index contributed by atoms with van der Waals surface area (Å²) in [5.41, 5.74) is 2.65. The molecule has 0 spiro atoms. The highest BCUT2D eigenvalue weighted by Crippen LogP contribution is 2.30. The molecule has 2 aromatic rings. The number of nitrogens with one attached hydrogen (secondary N) is 1. The molecule has 0 saturated carbocycles. The molecule has 1 aromatic heterocycles. The van der Waals surface area contributed by atoms with Crippen LogP contribution in [0, 0.1) is 12.3 Å². The molecule has 2 rings (SSSR count). The number of carbonyl (C=O) groups excluding carboxylic acids is 1. The van der Waals surface area contributed by atoms with Crippen molar-refractivity contribution in [2.45, 2.75) is 67.0 Å². The fraction of sp³-hybridized carbons (Fsp3) is 0.550. The van der Waals surface area contributed by atoms with E-state index in [1.165, 1.54) is 0 Å². The Labute approximate surface area is 150 Å². The first-order valence-corrected chi connectivity index (χ1v) is 8.94. The second-order valence-electron chi connectivity index (χ2n) is 8.45. The van der Waals surface area contributed by atoms with Crippen LogP contribution in [-0.2, 0) is 6.54 Å². The highest BCUT2D eigenvalue weighted by Gasteiger charge is 2.29. The van der Waals surface area contributed by atoms with Gasteiger partial charge >= 0.3 is 0 Å². The van der Waals surface area contributed by atoms with E-state index < -0.39 is 0 Å². The molecule has 24 heavy (non-hydrogen) atoms. The van der Waals surface area contributed by atoms with Gasteiger partial charge < -0.3 is 9.88 Å². The zero-order chi connectivity index (χ0) is 18.3. The van der Waals surface area contributed by atoms with E-state index >= 15 is 0 Å². The predicted molar refractivity (Wildman–Crippen MR) is 103 cm³/mol. The van der Waals surface area contributed by atoms with Crippen LogP contribution >= 0.6 is 11.6 Å². The number of aromatic nitrogens is 1. The summed E-state index contributed by atoms with van der Waals surface area (Å²) in [6, 6.07) is 5.81. The molecular formula is C20H29ClN2O. The largest absolute Gasteiger partial charge is 0.346 e. The number of amides is 1. The number of hydrogen-bond acceptors (Lipinski definition) is 1. The molecule has 0 aliphatic rings. The fourth-order valence-corrected chi connectivity index (χ4v) is 4.02. The van der Waals surface area contributed by atoms with Gasteiger partial charge in [-0.2, -0.15) is 0 Å². The topological polar surface area (TPSA) is 34.0 Å². The average molecular weight is 349 g/mol. The molecule has 0 aliphatic heterocycles. The molecule has 132 valence electrons. The molecule has 0 radical (unpaired) electrons. The molecular weight excluding hydrogens is 320 g/mol. The van der Waals surface area contributed by atoms with Crippen molar-refractivity contribution in [3.05, 3.63) is 34.5 Å². The van der Waals surface area contributed by atoms with Crippen molar-refractivity contribution in [2.24, 2.45) is 5.41 Å². The van der Waals surface area contributed by atoms with Crippen molar-refractivity contribution in [3.8, 4) is 0 Å². The summed E-state index contributed by atoms with van der Waals surface area (Å²) < 4.78 is 2.07. The molecule has 1 heterocycles. The third-order valence-electron chi connectivity index (χ3n) is 4.23. The van der Waals surface area contributed by atoms with Gasteiger partial charge in [-0.1, -0.05) is 32.4 Å². The van der Waals surface area contributed by atoms with E-state index in [9.17, 15) is 4.79 Å². The number of benzene rings is 1. The number of carbonyl (C=O) groups is 1. The Morgan fingerprint density at radius 3 is 2.38 bits per heavy atom. The van der Waals surface area contributed by atoms with Gasteiger partial charge in [0, 0.05) is 28.0 Å². The lowest BCUT2D eigenvalue weighted by Gasteiger charge is -2.33. The Bertz CT molecular complexity index is 766. The van der Waals surface area contributed by atoms with E-state index in [1.54, 1.807) is 0 Å². The van der Waals surface area contributed by atoms with Gasteiger partial charge in [0.25, 0.3) is 5.91 Å². The van der Waals surface area contributed by atoms with Crippen molar-refractivity contribution >= 4 is 28.4 Å². The van der Waals surface area contributed by atoms with Gasteiger partial charge in [-0.25, -0.2) is 0 Å². The van der Waals surface area contributed by atoms with E-state index in [2.05, 4.69) is 51.4 Å². The fourth-order valence-electron chi connectivity index (χ4n) is 3.85. The Kier molecular flexibility index (Phi) is 5.06. The minimum atomic E-state index is -0.269. The molecule has 0 aliphatic carbocycles. The highest BCUT2D eigenvalue weighted by atomic mass is 35.5. The highest BCUT2D eigenvalue weighted by molar-refractivity contribution is 6.31. The number of rotatable bonds is 4. The molecule has 0 fully saturated rings. The van der Waals surface area contributed by atoms with Crippen LogP contribution in [0.4, 0.5) is 0 Å². The average Bonchev–Trinajstić information content (AvgIpc) is 2.67. The molecule has 1 N–H and O–H groups in total. The molecule has 1 amide bonds. The molecule has 0 saturated heterocycles. The minimum absolute atomic E-state index is 0.0177. The lowest BCUT2D eigenvalue weighted by Crippen LogP contribution is -2.46. The monoisotopic (exact) mass is 348 g/mol. The maximum atomic E-state index is 13.0. The standard InChI is InChI=1S/C20H29ClN2O/c1-8-23-16-10-9-14(21)11-15(16)13(2)17(23)18(24)22-20(6,7)12-19(3,4)5/h9-11H,8,12H2,1-7H3,(H,22,24). The molecule has 3 nitrogen and oxygen atoms in total. The van der Waals surface area contributed by atoms with Crippen molar-refractivity contribution in [1.29, 1.82) is 0 Å². The summed E-state index contributed by atoms with van der Waals surface area (Å²) in [6.45, 7) is 15.5. The summed E-state index contributed by atoms with van der Waals surface area (Å²) in [5, 5.41) is 4.97. The quantitative estimate of drug-likeness (QED) is 0.770. The Balaban J connectivity index is 2.44. The van der Waals surface area contributed by atoms with Crippen molar-refractivity contribution in [1.82, 2.24) is 9.88 Å². The number of halogens is 1. The van der Waals surface area contributed by atoms with Gasteiger partial charge in [0.15, 0.2) is 0 Å². The second-order valence-corrected chi connectivity index (χ2v) is 8.89. The summed E-state index contributed by atoms with van der Waals surface area (Å²) in [7, 11) is 0. The summed E-state index contributed by atoms with van der Waals surface area (Å²) in [6.07, 6.45) is 0.906. The van der Waals surface area contributed by atoms with E-state index in [0.29, 0.717) is 5.02 Å². The Morgan fingerprint density at radius 1 is 1.21 bits per heavy atom. The minimum Gasteiger partial charge on any atom is -0.346 e. The van der Waals surface area contributed by atoms with Crippen LogP contribution in [0.2, 0.25) is 5.02 Å². The van der Waals surface area contributed by atoms with Gasteiger partial charge in [0.1, 0.15) is 5.69 Å². The molecule has 4 heteroatoms. The number of fused-ring (bicyclic) bond motifs is 1. The normalized spacial score (nSPS) is 12.7. The lowest BCUT2D eigenvalue weighted by atomic mass is 9.81. The van der Waals surface area contributed by atoms with Crippen LogP contribution in [0.3, 0.4) is 0 Å². The van der Waals surface area contributed by atoms with Crippen LogP contribution in [0.1, 0.15) is 64.0 Å². The first-order chi connectivity index (χ1) is 10.9. The van der Waals surface area contributed by atoms with Gasteiger partial charge in [-0.15, -0.1) is 0 Å². The van der Waals surface area contributed by atoms with Crippen molar-refractivity contribution in [2.75, 3.05) is 0 Å². The SMILES string of the molecule is CCn1c(C(=O)NC(C)(C)CC(C)(C)C)c(C)c2cc(Cl)ccc21. The Hall–Kier alpha value is -1.48. The van der Waals surface area contributed by atoms with Crippen LogP contribution in [0.15, 0.2) is 18.2 Å². The maximum Gasteiger partial charge on any atom is 0.268 e. The van der Waals surface area contributed by atoms with Crippen LogP contribution in [0.25, 0.3) is 10.9 Å². The molecule has 0 unspecified atom stereocenters. The zero-order valence-corrected chi connectivity index (χ0v) is 16.6. The van der Waals surface area contributed by atoms with Gasteiger partial charge in [0.05, 0.1) is 0 Å². The van der Waals surface area contributed by atoms with Crippen molar-refractivity contribution < 1.29 is 4.79 Å². The van der Waals surface area contributed by atoms with Crippen LogP contribution in [-0.4, -0.2) is 16.0 Å². The summed E-state index contributed by atoms with van der Waals surface area (Å²) in [5.74, 6) is -0.0177. The number of aryl methyl sites for hydroxylation is 2. The predicted octanol–water partition coefficient (Wildman–Crippen LogP) is 5.57. The zero-order valence-electron chi connectivity index (χ0n) is 15.9. The van der Waals surface area contributed by atoms with Gasteiger partial charge in [-0.3, -0.25) is 4.79 Å². The maximum absolute atomic E-state index is 13.0. The Morgan fingerprint density at radius 2 is 1.83 bits per heavy atom. The van der Waals surface area contributed by atoms with Crippen LogP contribution < -0.4 is 5.32 Å². The third-order valence-corrected chi connectivity index (χ3v) is 4.47.